The Bertz CT molecular complexity index is 164. The minimum atomic E-state index is -0.810. The summed E-state index contributed by atoms with van der Waals surface area (Å²) < 4.78 is 5.08. The molecule has 4 nitrogen and oxygen atoms in total. The number of ether oxygens (including phenoxy) is 1. The number of hydrogen-bond donors (Lipinski definition) is 2. The Labute approximate surface area is 71.9 Å². The molecule has 1 fully saturated rings. The van der Waals surface area contributed by atoms with Crippen molar-refractivity contribution in [3.05, 3.63) is 0 Å². The molecule has 0 saturated carbocycles. The zero-order valence-electron chi connectivity index (χ0n) is 7.30. The van der Waals surface area contributed by atoms with Crippen molar-refractivity contribution < 1.29 is 14.6 Å². The minimum absolute atomic E-state index is 0.294. The molecular weight excluding hydrogens is 158 g/mol. The number of carboxylic acids is 1. The van der Waals surface area contributed by atoms with Crippen molar-refractivity contribution in [2.24, 2.45) is 0 Å². The second-order valence-electron chi connectivity index (χ2n) is 3.12. The highest BCUT2D eigenvalue weighted by molar-refractivity contribution is 5.79. The zero-order valence-corrected chi connectivity index (χ0v) is 7.30. The molecule has 1 unspecified atom stereocenters. The van der Waals surface area contributed by atoms with Crippen LogP contribution in [0.25, 0.3) is 0 Å². The van der Waals surface area contributed by atoms with E-state index in [2.05, 4.69) is 5.32 Å². The molecule has 0 aromatic rings. The number of aliphatic carboxylic acids is 1. The van der Waals surface area contributed by atoms with E-state index in [9.17, 15) is 4.79 Å². The Morgan fingerprint density at radius 2 is 2.50 bits per heavy atom. The van der Waals surface area contributed by atoms with Crippen molar-refractivity contribution in [2.75, 3.05) is 19.8 Å². The van der Waals surface area contributed by atoms with E-state index >= 15 is 0 Å². The van der Waals surface area contributed by atoms with Gasteiger partial charge in [-0.05, 0) is 13.0 Å². The van der Waals surface area contributed by atoms with Gasteiger partial charge in [0.1, 0.15) is 5.54 Å². The summed E-state index contributed by atoms with van der Waals surface area (Å²) in [7, 11) is 0. The van der Waals surface area contributed by atoms with Gasteiger partial charge in [-0.2, -0.15) is 0 Å². The second kappa shape index (κ2) is 3.87. The van der Waals surface area contributed by atoms with Crippen molar-refractivity contribution in [3.63, 3.8) is 0 Å². The Balaban J connectivity index is 2.53. The highest BCUT2D eigenvalue weighted by atomic mass is 16.5. The third kappa shape index (κ3) is 1.76. The van der Waals surface area contributed by atoms with Crippen molar-refractivity contribution in [2.45, 2.75) is 25.3 Å². The van der Waals surface area contributed by atoms with Crippen molar-refractivity contribution >= 4 is 5.97 Å². The van der Waals surface area contributed by atoms with E-state index < -0.39 is 11.5 Å². The van der Waals surface area contributed by atoms with E-state index in [4.69, 9.17) is 9.84 Å². The van der Waals surface area contributed by atoms with Gasteiger partial charge in [-0.1, -0.05) is 6.92 Å². The molecule has 1 atom stereocenters. The van der Waals surface area contributed by atoms with Crippen molar-refractivity contribution in [3.8, 4) is 0 Å². The molecule has 0 aliphatic carbocycles. The minimum Gasteiger partial charge on any atom is -0.480 e. The van der Waals surface area contributed by atoms with E-state index in [-0.39, 0.29) is 0 Å². The summed E-state index contributed by atoms with van der Waals surface area (Å²) in [5, 5.41) is 12.0. The molecule has 1 aliphatic heterocycles. The van der Waals surface area contributed by atoms with Crippen molar-refractivity contribution in [1.29, 1.82) is 0 Å². The normalized spacial score (nSPS) is 29.1. The quantitative estimate of drug-likeness (QED) is 0.639. The molecule has 0 amide bonds. The molecule has 12 heavy (non-hydrogen) atoms. The third-order valence-electron chi connectivity index (χ3n) is 2.14. The lowest BCUT2D eigenvalue weighted by Gasteiger charge is -2.23. The van der Waals surface area contributed by atoms with Gasteiger partial charge in [0.2, 0.25) is 0 Å². The third-order valence-corrected chi connectivity index (χ3v) is 2.14. The first kappa shape index (κ1) is 9.48. The van der Waals surface area contributed by atoms with Gasteiger partial charge in [-0.25, -0.2) is 0 Å². The van der Waals surface area contributed by atoms with Gasteiger partial charge in [0.05, 0.1) is 6.61 Å². The Morgan fingerprint density at radius 3 is 2.92 bits per heavy atom. The van der Waals surface area contributed by atoms with Crippen LogP contribution in [0.15, 0.2) is 0 Å². The van der Waals surface area contributed by atoms with Gasteiger partial charge >= 0.3 is 5.97 Å². The highest BCUT2D eigenvalue weighted by Crippen LogP contribution is 2.18. The lowest BCUT2D eigenvalue weighted by molar-refractivity contribution is -0.144. The molecule has 0 bridgehead atoms. The van der Waals surface area contributed by atoms with E-state index in [1.165, 1.54) is 0 Å². The summed E-state index contributed by atoms with van der Waals surface area (Å²) in [5.41, 5.74) is -0.810. The maximum absolute atomic E-state index is 10.9. The van der Waals surface area contributed by atoms with Crippen molar-refractivity contribution in [1.82, 2.24) is 5.32 Å². The van der Waals surface area contributed by atoms with E-state index in [1.54, 1.807) is 0 Å². The van der Waals surface area contributed by atoms with Gasteiger partial charge in [-0.15, -0.1) is 0 Å². The summed E-state index contributed by atoms with van der Waals surface area (Å²) >= 11 is 0. The lowest BCUT2D eigenvalue weighted by Crippen LogP contribution is -2.52. The molecule has 0 aromatic heterocycles. The maximum Gasteiger partial charge on any atom is 0.326 e. The molecule has 0 radical (unpaired) electrons. The average molecular weight is 173 g/mol. The van der Waals surface area contributed by atoms with Crippen LogP contribution in [0.4, 0.5) is 0 Å². The van der Waals surface area contributed by atoms with E-state index in [0.717, 1.165) is 13.0 Å². The molecule has 0 aromatic carbocycles. The van der Waals surface area contributed by atoms with Gasteiger partial charge in [0, 0.05) is 13.0 Å². The molecule has 1 heterocycles. The summed E-state index contributed by atoms with van der Waals surface area (Å²) in [4.78, 5) is 10.9. The molecular formula is C8H15NO3. The van der Waals surface area contributed by atoms with Crippen LogP contribution in [0.5, 0.6) is 0 Å². The van der Waals surface area contributed by atoms with Crippen LogP contribution in [0.3, 0.4) is 0 Å². The molecule has 1 aliphatic rings. The molecule has 0 spiro atoms. The van der Waals surface area contributed by atoms with E-state index in [1.807, 2.05) is 6.92 Å². The topological polar surface area (TPSA) is 58.6 Å². The molecule has 4 heteroatoms. The molecule has 2 N–H and O–H groups in total. The maximum atomic E-state index is 10.9. The molecule has 1 saturated heterocycles. The van der Waals surface area contributed by atoms with Gasteiger partial charge < -0.3 is 9.84 Å². The number of carbonyl (C=O) groups is 1. The van der Waals surface area contributed by atoms with Crippen LogP contribution < -0.4 is 5.32 Å². The van der Waals surface area contributed by atoms with Gasteiger partial charge in [0.15, 0.2) is 0 Å². The van der Waals surface area contributed by atoms with Crippen LogP contribution in [0, 0.1) is 0 Å². The molecule has 1 rings (SSSR count). The van der Waals surface area contributed by atoms with Gasteiger partial charge in [0.25, 0.3) is 0 Å². The summed E-state index contributed by atoms with van der Waals surface area (Å²) in [5.74, 6) is -0.798. The van der Waals surface area contributed by atoms with Crippen LogP contribution in [0.1, 0.15) is 19.8 Å². The lowest BCUT2D eigenvalue weighted by atomic mass is 9.99. The fourth-order valence-electron chi connectivity index (χ4n) is 1.31. The first-order chi connectivity index (χ1) is 5.71. The highest BCUT2D eigenvalue weighted by Gasteiger charge is 2.41. The zero-order chi connectivity index (χ0) is 9.03. The first-order valence-corrected chi connectivity index (χ1v) is 4.27. The fourth-order valence-corrected chi connectivity index (χ4v) is 1.31. The summed E-state index contributed by atoms with van der Waals surface area (Å²) in [6.45, 7) is 3.58. The van der Waals surface area contributed by atoms with Crippen LogP contribution in [-0.2, 0) is 9.53 Å². The summed E-state index contributed by atoms with van der Waals surface area (Å²) in [6, 6.07) is 0. The first-order valence-electron chi connectivity index (χ1n) is 4.27. The van der Waals surface area contributed by atoms with Gasteiger partial charge in [-0.3, -0.25) is 10.1 Å². The predicted octanol–water partition coefficient (Wildman–Crippen LogP) is 0.230. The standard InChI is InChI=1S/C8H15NO3/c1-2-4-9-8(7(10)11)3-5-12-6-8/h9H,2-6H2,1H3,(H,10,11). The number of hydrogen-bond acceptors (Lipinski definition) is 3. The van der Waals surface area contributed by atoms with E-state index in [0.29, 0.717) is 19.6 Å². The Kier molecular flexibility index (Phi) is 3.05. The monoisotopic (exact) mass is 173 g/mol. The van der Waals surface area contributed by atoms with Crippen LogP contribution in [-0.4, -0.2) is 36.4 Å². The van der Waals surface area contributed by atoms with Crippen LogP contribution >= 0.6 is 0 Å². The SMILES string of the molecule is CCCNC1(C(=O)O)CCOC1. The number of rotatable bonds is 4. The smallest absolute Gasteiger partial charge is 0.326 e. The fraction of sp³-hybridized carbons (Fsp3) is 0.875. The Morgan fingerprint density at radius 1 is 1.75 bits per heavy atom. The predicted molar refractivity (Wildman–Crippen MR) is 44.1 cm³/mol. The largest absolute Gasteiger partial charge is 0.480 e. The number of nitrogens with one attached hydrogen (secondary N) is 1. The average Bonchev–Trinajstić information content (AvgIpc) is 2.50. The van der Waals surface area contributed by atoms with Crippen LogP contribution in [0.2, 0.25) is 0 Å². The number of carboxylic acid groups (broad SMARTS) is 1. The molecule has 70 valence electrons. The Hall–Kier alpha value is -0.610. The second-order valence-corrected chi connectivity index (χ2v) is 3.12. The summed E-state index contributed by atoms with van der Waals surface area (Å²) in [6.07, 6.45) is 1.51.